The third kappa shape index (κ3) is 66.7. The Hall–Kier alpha value is -2.11. The topological polar surface area (TPSA) is 78.9 Å². The van der Waals surface area contributed by atoms with Gasteiger partial charge in [0.1, 0.15) is 13.2 Å². The SMILES string of the molecule is CCCCCCC/C=C\C/C=C\CCCCCCCCCCCCCCCCCC(=O)OCC(COC(=O)CCCCCCCCCCCCC)OC(=O)CCCCCCCCCCCCCCCCCCCCCCCCCC. The molecule has 0 spiro atoms. The first-order valence-electron chi connectivity index (χ1n) is 36.3. The van der Waals surface area contributed by atoms with E-state index in [1.165, 1.54) is 308 Å². The fraction of sp³-hybridized carbons (Fsp3) is 0.905. The first-order valence-corrected chi connectivity index (χ1v) is 36.3. The fourth-order valence-corrected chi connectivity index (χ4v) is 11.2. The lowest BCUT2D eigenvalue weighted by molar-refractivity contribution is -0.167. The largest absolute Gasteiger partial charge is 0.462 e. The third-order valence-electron chi connectivity index (χ3n) is 16.7. The van der Waals surface area contributed by atoms with E-state index in [1.807, 2.05) is 0 Å². The van der Waals surface area contributed by atoms with E-state index in [0.29, 0.717) is 19.3 Å². The third-order valence-corrected chi connectivity index (χ3v) is 16.7. The van der Waals surface area contributed by atoms with E-state index >= 15 is 0 Å². The lowest BCUT2D eigenvalue weighted by Crippen LogP contribution is -2.30. The zero-order valence-corrected chi connectivity index (χ0v) is 54.4. The molecule has 0 bridgehead atoms. The predicted molar refractivity (Wildman–Crippen MR) is 349 cm³/mol. The minimum atomic E-state index is -0.767. The average molecular weight is 1130 g/mol. The van der Waals surface area contributed by atoms with Gasteiger partial charge in [-0.1, -0.05) is 366 Å². The summed E-state index contributed by atoms with van der Waals surface area (Å²) >= 11 is 0. The summed E-state index contributed by atoms with van der Waals surface area (Å²) in [6, 6.07) is 0. The number of allylic oxidation sites excluding steroid dienone is 4. The molecule has 0 aromatic rings. The molecule has 0 heterocycles. The molecule has 0 rings (SSSR count). The van der Waals surface area contributed by atoms with Gasteiger partial charge in [-0.25, -0.2) is 0 Å². The molecule has 0 fully saturated rings. The van der Waals surface area contributed by atoms with Crippen LogP contribution in [0.25, 0.3) is 0 Å². The molecule has 0 aromatic carbocycles. The molecule has 0 aliphatic carbocycles. The number of unbranched alkanes of at least 4 members (excludes halogenated alkanes) is 53. The molecular formula is C74H140O6. The van der Waals surface area contributed by atoms with Crippen LogP contribution in [0.5, 0.6) is 0 Å². The zero-order chi connectivity index (χ0) is 57.8. The van der Waals surface area contributed by atoms with Gasteiger partial charge in [0.05, 0.1) is 0 Å². The zero-order valence-electron chi connectivity index (χ0n) is 54.4. The van der Waals surface area contributed by atoms with E-state index in [1.54, 1.807) is 0 Å². The smallest absolute Gasteiger partial charge is 0.306 e. The van der Waals surface area contributed by atoms with Crippen molar-refractivity contribution in [2.75, 3.05) is 13.2 Å². The summed E-state index contributed by atoms with van der Waals surface area (Å²) in [6.45, 7) is 6.71. The van der Waals surface area contributed by atoms with Crippen molar-refractivity contribution < 1.29 is 28.6 Å². The van der Waals surface area contributed by atoms with Crippen molar-refractivity contribution in [3.63, 3.8) is 0 Å². The van der Waals surface area contributed by atoms with E-state index in [4.69, 9.17) is 14.2 Å². The monoisotopic (exact) mass is 1130 g/mol. The maximum Gasteiger partial charge on any atom is 0.306 e. The summed E-state index contributed by atoms with van der Waals surface area (Å²) in [7, 11) is 0. The Bertz CT molecular complexity index is 1290. The number of carbonyl (C=O) groups is 3. The second-order valence-corrected chi connectivity index (χ2v) is 24.9. The highest BCUT2D eigenvalue weighted by Gasteiger charge is 2.19. The van der Waals surface area contributed by atoms with Gasteiger partial charge in [-0.15, -0.1) is 0 Å². The first kappa shape index (κ1) is 77.9. The van der Waals surface area contributed by atoms with Crippen molar-refractivity contribution in [1.82, 2.24) is 0 Å². The van der Waals surface area contributed by atoms with Crippen LogP contribution in [0.2, 0.25) is 0 Å². The Labute approximate surface area is 500 Å². The normalized spacial score (nSPS) is 12.1. The molecule has 0 radical (unpaired) electrons. The van der Waals surface area contributed by atoms with Crippen LogP contribution in [-0.4, -0.2) is 37.2 Å². The summed E-state index contributed by atoms with van der Waals surface area (Å²) in [5, 5.41) is 0. The molecule has 0 aliphatic rings. The molecule has 472 valence electrons. The van der Waals surface area contributed by atoms with E-state index < -0.39 is 6.10 Å². The fourth-order valence-electron chi connectivity index (χ4n) is 11.2. The Morgan fingerprint density at radius 2 is 0.450 bits per heavy atom. The van der Waals surface area contributed by atoms with Crippen molar-refractivity contribution in [1.29, 1.82) is 0 Å². The van der Waals surface area contributed by atoms with Crippen LogP contribution in [0.3, 0.4) is 0 Å². The Kier molecular flexibility index (Phi) is 67.6. The van der Waals surface area contributed by atoms with Crippen molar-refractivity contribution in [2.45, 2.75) is 419 Å². The van der Waals surface area contributed by atoms with Gasteiger partial charge in [0.15, 0.2) is 6.10 Å². The Balaban J connectivity index is 4.15. The van der Waals surface area contributed by atoms with Gasteiger partial charge < -0.3 is 14.2 Å². The van der Waals surface area contributed by atoms with Gasteiger partial charge in [0.2, 0.25) is 0 Å². The second kappa shape index (κ2) is 69.4. The molecular weight excluding hydrogens is 985 g/mol. The van der Waals surface area contributed by atoms with Gasteiger partial charge in [0, 0.05) is 19.3 Å². The van der Waals surface area contributed by atoms with Crippen molar-refractivity contribution in [3.05, 3.63) is 24.3 Å². The number of esters is 3. The van der Waals surface area contributed by atoms with E-state index in [2.05, 4.69) is 45.1 Å². The number of carbonyl (C=O) groups excluding carboxylic acids is 3. The maximum atomic E-state index is 12.9. The van der Waals surface area contributed by atoms with Gasteiger partial charge in [-0.2, -0.15) is 0 Å². The van der Waals surface area contributed by atoms with Crippen LogP contribution in [0.15, 0.2) is 24.3 Å². The van der Waals surface area contributed by atoms with Crippen LogP contribution in [-0.2, 0) is 28.6 Å². The lowest BCUT2D eigenvalue weighted by Gasteiger charge is -2.18. The number of ether oxygens (including phenoxy) is 3. The molecule has 0 saturated carbocycles. The standard InChI is InChI=1S/C74H140O6/c1-4-7-10-13-16-19-22-24-26-28-30-32-34-36-37-38-40-41-43-45-47-49-52-55-58-61-64-67-73(76)79-70-71(69-78-72(75)66-63-60-57-54-51-21-18-15-12-9-6-3)80-74(77)68-65-62-59-56-53-50-48-46-44-42-39-35-33-31-29-27-25-23-20-17-14-11-8-5-2/h22,24,28,30,71H,4-21,23,25-27,29,31-70H2,1-3H3/b24-22-,30-28-. The summed E-state index contributed by atoms with van der Waals surface area (Å²) < 4.78 is 17.0. The Morgan fingerprint density at radius 1 is 0.250 bits per heavy atom. The van der Waals surface area contributed by atoms with E-state index in [9.17, 15) is 14.4 Å². The molecule has 6 nitrogen and oxygen atoms in total. The average Bonchev–Trinajstić information content (AvgIpc) is 3.46. The molecule has 0 amide bonds. The minimum absolute atomic E-state index is 0.0639. The lowest BCUT2D eigenvalue weighted by atomic mass is 10.0. The van der Waals surface area contributed by atoms with Gasteiger partial charge in [-0.3, -0.25) is 14.4 Å². The second-order valence-electron chi connectivity index (χ2n) is 24.9. The minimum Gasteiger partial charge on any atom is -0.462 e. The first-order chi connectivity index (χ1) is 39.5. The predicted octanol–water partition coefficient (Wildman–Crippen LogP) is 25.0. The van der Waals surface area contributed by atoms with Crippen molar-refractivity contribution in [2.24, 2.45) is 0 Å². The van der Waals surface area contributed by atoms with Gasteiger partial charge in [-0.05, 0) is 51.4 Å². The van der Waals surface area contributed by atoms with Crippen molar-refractivity contribution >= 4 is 17.9 Å². The van der Waals surface area contributed by atoms with Gasteiger partial charge in [0.25, 0.3) is 0 Å². The van der Waals surface area contributed by atoms with Crippen LogP contribution in [0, 0.1) is 0 Å². The molecule has 1 unspecified atom stereocenters. The highest BCUT2D eigenvalue weighted by molar-refractivity contribution is 5.71. The molecule has 0 aliphatic heterocycles. The van der Waals surface area contributed by atoms with Gasteiger partial charge >= 0.3 is 17.9 Å². The molecule has 80 heavy (non-hydrogen) atoms. The Morgan fingerprint density at radius 3 is 0.688 bits per heavy atom. The summed E-state index contributed by atoms with van der Waals surface area (Å²) in [6.07, 6.45) is 85.1. The summed E-state index contributed by atoms with van der Waals surface area (Å²) in [5.41, 5.74) is 0. The number of hydrogen-bond donors (Lipinski definition) is 0. The highest BCUT2D eigenvalue weighted by atomic mass is 16.6. The van der Waals surface area contributed by atoms with E-state index in [0.717, 1.165) is 64.2 Å². The quantitative estimate of drug-likeness (QED) is 0.0261. The molecule has 0 aromatic heterocycles. The van der Waals surface area contributed by atoms with E-state index in [-0.39, 0.29) is 31.1 Å². The summed E-state index contributed by atoms with van der Waals surface area (Å²) in [5.74, 6) is -0.831. The van der Waals surface area contributed by atoms with Crippen LogP contribution < -0.4 is 0 Å². The molecule has 0 saturated heterocycles. The van der Waals surface area contributed by atoms with Crippen molar-refractivity contribution in [3.8, 4) is 0 Å². The summed E-state index contributed by atoms with van der Waals surface area (Å²) in [4.78, 5) is 38.4. The van der Waals surface area contributed by atoms with Crippen LogP contribution in [0.4, 0.5) is 0 Å². The molecule has 1 atom stereocenters. The number of rotatable bonds is 68. The highest BCUT2D eigenvalue weighted by Crippen LogP contribution is 2.19. The number of hydrogen-bond acceptors (Lipinski definition) is 6. The van der Waals surface area contributed by atoms with Crippen LogP contribution in [0.1, 0.15) is 412 Å². The maximum absolute atomic E-state index is 12.9. The molecule has 0 N–H and O–H groups in total. The molecule has 6 heteroatoms. The van der Waals surface area contributed by atoms with Crippen LogP contribution >= 0.6 is 0 Å².